The number of carbonyl (C=O) groups excluding carboxylic acids is 1. The Bertz CT molecular complexity index is 845. The van der Waals surface area contributed by atoms with Crippen molar-refractivity contribution in [2.75, 3.05) is 13.2 Å². The number of amidine groups is 1. The number of nitrogens with zero attached hydrogens (tertiary/aromatic N) is 3. The number of ether oxygens (including phenoxy) is 1. The average Bonchev–Trinajstić information content (AvgIpc) is 2.94. The molecule has 2 aromatic rings. The smallest absolute Gasteiger partial charge is 0.267 e. The number of aromatic nitrogens is 1. The van der Waals surface area contributed by atoms with E-state index in [1.165, 1.54) is 11.8 Å². The molecule has 1 amide bonds. The van der Waals surface area contributed by atoms with Crippen molar-refractivity contribution in [2.24, 2.45) is 4.99 Å². The quantitative estimate of drug-likeness (QED) is 0.567. The Kier molecular flexibility index (Phi) is 5.86. The van der Waals surface area contributed by atoms with Gasteiger partial charge in [-0.1, -0.05) is 18.2 Å². The molecule has 1 aromatic carbocycles. The molecule has 2 heterocycles. The van der Waals surface area contributed by atoms with Gasteiger partial charge in [-0.15, -0.1) is 6.58 Å². The third-order valence-electron chi connectivity index (χ3n) is 3.56. The maximum Gasteiger partial charge on any atom is 0.267 e. The van der Waals surface area contributed by atoms with Crippen LogP contribution in [0, 0.1) is 0 Å². The Morgan fingerprint density at radius 1 is 1.31 bits per heavy atom. The van der Waals surface area contributed by atoms with E-state index in [0.29, 0.717) is 28.9 Å². The molecule has 6 heteroatoms. The molecule has 132 valence electrons. The molecule has 26 heavy (non-hydrogen) atoms. The second kappa shape index (κ2) is 8.49. The van der Waals surface area contributed by atoms with E-state index in [1.54, 1.807) is 23.4 Å². The number of carbonyl (C=O) groups is 1. The number of hydrogen-bond acceptors (Lipinski definition) is 5. The first-order chi connectivity index (χ1) is 12.7. The minimum atomic E-state index is -0.0774. The zero-order valence-corrected chi connectivity index (χ0v) is 15.3. The van der Waals surface area contributed by atoms with Crippen molar-refractivity contribution in [3.05, 3.63) is 71.9 Å². The maximum atomic E-state index is 12.7. The summed E-state index contributed by atoms with van der Waals surface area (Å²) < 4.78 is 5.45. The first-order valence-corrected chi connectivity index (χ1v) is 9.07. The lowest BCUT2D eigenvalue weighted by Crippen LogP contribution is -2.29. The molecule has 0 N–H and O–H groups in total. The first kappa shape index (κ1) is 17.9. The monoisotopic (exact) mass is 365 g/mol. The second-order valence-electron chi connectivity index (χ2n) is 5.42. The summed E-state index contributed by atoms with van der Waals surface area (Å²) in [4.78, 5) is 23.6. The van der Waals surface area contributed by atoms with Crippen molar-refractivity contribution in [1.29, 1.82) is 0 Å². The van der Waals surface area contributed by atoms with E-state index in [9.17, 15) is 4.79 Å². The number of amides is 1. The molecular formula is C20H19N3O2S. The molecule has 0 aliphatic carbocycles. The van der Waals surface area contributed by atoms with E-state index >= 15 is 0 Å². The summed E-state index contributed by atoms with van der Waals surface area (Å²) in [5, 5.41) is 0.625. The van der Waals surface area contributed by atoms with E-state index in [2.05, 4.69) is 16.6 Å². The topological polar surface area (TPSA) is 54.8 Å². The van der Waals surface area contributed by atoms with Gasteiger partial charge in [0.2, 0.25) is 0 Å². The molecule has 0 atom stereocenters. The van der Waals surface area contributed by atoms with Crippen LogP contribution in [-0.4, -0.2) is 34.1 Å². The zero-order chi connectivity index (χ0) is 18.4. The van der Waals surface area contributed by atoms with Gasteiger partial charge in [0.05, 0.1) is 23.4 Å². The van der Waals surface area contributed by atoms with Crippen molar-refractivity contribution < 1.29 is 9.53 Å². The van der Waals surface area contributed by atoms with Gasteiger partial charge in [-0.3, -0.25) is 14.7 Å². The van der Waals surface area contributed by atoms with Gasteiger partial charge in [0, 0.05) is 12.7 Å². The number of pyridine rings is 1. The molecule has 0 saturated carbocycles. The Balaban J connectivity index is 1.87. The van der Waals surface area contributed by atoms with Crippen LogP contribution in [0.1, 0.15) is 12.5 Å². The maximum absolute atomic E-state index is 12.7. The third-order valence-corrected chi connectivity index (χ3v) is 4.57. The summed E-state index contributed by atoms with van der Waals surface area (Å²) in [7, 11) is 0. The molecule has 1 aliphatic heterocycles. The van der Waals surface area contributed by atoms with E-state index in [0.717, 1.165) is 11.3 Å². The van der Waals surface area contributed by atoms with Gasteiger partial charge in [-0.25, -0.2) is 4.99 Å². The Morgan fingerprint density at radius 2 is 2.12 bits per heavy atom. The molecule has 0 unspecified atom stereocenters. The first-order valence-electron chi connectivity index (χ1n) is 8.25. The predicted molar refractivity (Wildman–Crippen MR) is 106 cm³/mol. The lowest BCUT2D eigenvalue weighted by atomic mass is 10.2. The molecule has 1 saturated heterocycles. The van der Waals surface area contributed by atoms with Gasteiger partial charge in [0.25, 0.3) is 5.91 Å². The number of rotatable bonds is 6. The lowest BCUT2D eigenvalue weighted by molar-refractivity contribution is -0.121. The third kappa shape index (κ3) is 4.21. The SMILES string of the molecule is C=CCN1C(=O)/C(=C/c2ccc(OCC)cc2)SC1=Nc1cccnc1. The van der Waals surface area contributed by atoms with Gasteiger partial charge >= 0.3 is 0 Å². The molecule has 0 spiro atoms. The van der Waals surface area contributed by atoms with Gasteiger partial charge < -0.3 is 4.74 Å². The van der Waals surface area contributed by atoms with E-state index < -0.39 is 0 Å². The molecule has 1 aromatic heterocycles. The number of hydrogen-bond donors (Lipinski definition) is 0. The van der Waals surface area contributed by atoms with Crippen LogP contribution in [0.4, 0.5) is 5.69 Å². The molecule has 0 radical (unpaired) electrons. The second-order valence-corrected chi connectivity index (χ2v) is 6.43. The molecule has 1 aliphatic rings. The Morgan fingerprint density at radius 3 is 2.77 bits per heavy atom. The van der Waals surface area contributed by atoms with Crippen LogP contribution in [-0.2, 0) is 4.79 Å². The van der Waals surface area contributed by atoms with E-state index in [4.69, 9.17) is 4.74 Å². The van der Waals surface area contributed by atoms with Gasteiger partial charge in [0.1, 0.15) is 5.75 Å². The summed E-state index contributed by atoms with van der Waals surface area (Å²) in [6.07, 6.45) is 6.91. The summed E-state index contributed by atoms with van der Waals surface area (Å²) in [5.41, 5.74) is 1.64. The van der Waals surface area contributed by atoms with Crippen molar-refractivity contribution in [3.8, 4) is 5.75 Å². The highest BCUT2D eigenvalue weighted by Crippen LogP contribution is 2.34. The summed E-state index contributed by atoms with van der Waals surface area (Å²) >= 11 is 1.35. The van der Waals surface area contributed by atoms with Gasteiger partial charge in [-0.2, -0.15) is 0 Å². The summed E-state index contributed by atoms with van der Waals surface area (Å²) in [5.74, 6) is 0.735. The molecule has 1 fully saturated rings. The minimum Gasteiger partial charge on any atom is -0.494 e. The van der Waals surface area contributed by atoms with Crippen LogP contribution in [0.2, 0.25) is 0 Å². The standard InChI is InChI=1S/C20H19N3O2S/c1-3-12-23-19(24)18(13-15-7-9-17(10-8-15)25-4-2)26-20(23)22-16-6-5-11-21-14-16/h3,5-11,13-14H,1,4,12H2,2H3/b18-13-,22-20?. The van der Waals surface area contributed by atoms with Crippen LogP contribution in [0.15, 0.2) is 71.3 Å². The molecule has 5 nitrogen and oxygen atoms in total. The predicted octanol–water partition coefficient (Wildman–Crippen LogP) is 4.27. The Hall–Kier alpha value is -2.86. The van der Waals surface area contributed by atoms with Crippen molar-refractivity contribution in [1.82, 2.24) is 9.88 Å². The van der Waals surface area contributed by atoms with Gasteiger partial charge in [0.15, 0.2) is 5.17 Å². The molecule has 0 bridgehead atoms. The summed E-state index contributed by atoms with van der Waals surface area (Å²) in [6, 6.07) is 11.3. The van der Waals surface area contributed by atoms with Crippen molar-refractivity contribution in [2.45, 2.75) is 6.92 Å². The fraction of sp³-hybridized carbons (Fsp3) is 0.150. The van der Waals surface area contributed by atoms with E-state index in [-0.39, 0.29) is 5.91 Å². The normalized spacial score (nSPS) is 17.1. The number of benzene rings is 1. The Labute approximate surface area is 157 Å². The highest BCUT2D eigenvalue weighted by atomic mass is 32.2. The number of aliphatic imine (C=N–C) groups is 1. The largest absolute Gasteiger partial charge is 0.494 e. The molecule has 3 rings (SSSR count). The van der Waals surface area contributed by atoms with Crippen LogP contribution in [0.25, 0.3) is 6.08 Å². The van der Waals surface area contributed by atoms with E-state index in [1.807, 2.05) is 49.4 Å². The highest BCUT2D eigenvalue weighted by molar-refractivity contribution is 8.18. The lowest BCUT2D eigenvalue weighted by Gasteiger charge is -2.12. The van der Waals surface area contributed by atoms with Crippen molar-refractivity contribution >= 4 is 34.6 Å². The minimum absolute atomic E-state index is 0.0774. The fourth-order valence-corrected chi connectivity index (χ4v) is 3.40. The van der Waals surface area contributed by atoms with Gasteiger partial charge in [-0.05, 0) is 54.6 Å². The average molecular weight is 365 g/mol. The van der Waals surface area contributed by atoms with Crippen LogP contribution >= 0.6 is 11.8 Å². The van der Waals surface area contributed by atoms with Crippen LogP contribution in [0.3, 0.4) is 0 Å². The summed E-state index contributed by atoms with van der Waals surface area (Å²) in [6.45, 7) is 6.71. The number of thioether (sulfide) groups is 1. The fourth-order valence-electron chi connectivity index (χ4n) is 2.39. The van der Waals surface area contributed by atoms with Crippen molar-refractivity contribution in [3.63, 3.8) is 0 Å². The molecular weight excluding hydrogens is 346 g/mol. The zero-order valence-electron chi connectivity index (χ0n) is 14.5. The highest BCUT2D eigenvalue weighted by Gasteiger charge is 2.32. The van der Waals surface area contributed by atoms with Crippen LogP contribution in [0.5, 0.6) is 5.75 Å². The van der Waals surface area contributed by atoms with Crippen LogP contribution < -0.4 is 4.74 Å².